The highest BCUT2D eigenvalue weighted by Gasteiger charge is 2.25. The van der Waals surface area contributed by atoms with Gasteiger partial charge in [0.2, 0.25) is 0 Å². The maximum Gasteiger partial charge on any atom is 0.267 e. The number of nitrogens with two attached hydrogens (primary N) is 2. The second-order valence-electron chi connectivity index (χ2n) is 7.40. The molecule has 0 spiro atoms. The maximum absolute atomic E-state index is 13.0. The molecule has 4 rings (SSSR count). The number of anilines is 4. The first-order valence-corrected chi connectivity index (χ1v) is 12.1. The number of nitrogens with one attached hydrogen (secondary N) is 2. The minimum absolute atomic E-state index is 0.215. The molecule has 36 heavy (non-hydrogen) atoms. The molecule has 0 atom stereocenters. The fourth-order valence-electron chi connectivity index (χ4n) is 3.55. The molecular formula is C24H24N4O6S2. The summed E-state index contributed by atoms with van der Waals surface area (Å²) in [5, 5.41) is 6.09. The predicted octanol–water partition coefficient (Wildman–Crippen LogP) is 4.67. The van der Waals surface area contributed by atoms with Crippen molar-refractivity contribution in [3.8, 4) is 23.0 Å². The molecule has 0 saturated carbocycles. The van der Waals surface area contributed by atoms with E-state index in [1.54, 1.807) is 36.4 Å². The highest BCUT2D eigenvalue weighted by atomic mass is 32.2. The van der Waals surface area contributed by atoms with E-state index in [1.165, 1.54) is 51.1 Å². The molecule has 6 N–H and O–H groups in total. The molecule has 2 aromatic carbocycles. The fraction of sp³-hybridized carbons (Fsp3) is 0.167. The van der Waals surface area contributed by atoms with Crippen molar-refractivity contribution in [3.63, 3.8) is 0 Å². The van der Waals surface area contributed by atoms with E-state index in [4.69, 9.17) is 30.4 Å². The van der Waals surface area contributed by atoms with Crippen LogP contribution in [0.5, 0.6) is 23.0 Å². The number of fused-ring (bicyclic) bond motifs is 1. The number of hydrogen-bond acceptors (Lipinski definition) is 10. The van der Waals surface area contributed by atoms with Crippen LogP contribution >= 0.6 is 22.7 Å². The van der Waals surface area contributed by atoms with Crippen molar-refractivity contribution in [1.82, 2.24) is 0 Å². The van der Waals surface area contributed by atoms with E-state index >= 15 is 0 Å². The molecule has 12 heteroatoms. The summed E-state index contributed by atoms with van der Waals surface area (Å²) < 4.78 is 21.7. The molecule has 0 bridgehead atoms. The Kier molecular flexibility index (Phi) is 7.08. The van der Waals surface area contributed by atoms with E-state index in [1.807, 2.05) is 0 Å². The number of carbonyl (C=O) groups is 2. The van der Waals surface area contributed by atoms with E-state index in [-0.39, 0.29) is 11.4 Å². The Balaban J connectivity index is 1.57. The molecule has 0 unspecified atom stereocenters. The van der Waals surface area contributed by atoms with Gasteiger partial charge in [-0.1, -0.05) is 0 Å². The van der Waals surface area contributed by atoms with Crippen molar-refractivity contribution in [2.24, 2.45) is 0 Å². The van der Waals surface area contributed by atoms with Crippen LogP contribution in [0.1, 0.15) is 19.3 Å². The monoisotopic (exact) mass is 528 g/mol. The zero-order valence-electron chi connectivity index (χ0n) is 19.9. The van der Waals surface area contributed by atoms with Crippen LogP contribution in [0.4, 0.5) is 22.7 Å². The van der Waals surface area contributed by atoms with Crippen molar-refractivity contribution in [3.05, 3.63) is 46.2 Å². The van der Waals surface area contributed by atoms with Crippen LogP contribution in [0.25, 0.3) is 9.40 Å². The average Bonchev–Trinajstić information content (AvgIpc) is 3.39. The van der Waals surface area contributed by atoms with Crippen molar-refractivity contribution >= 4 is 66.6 Å². The van der Waals surface area contributed by atoms with Crippen LogP contribution in [0, 0.1) is 0 Å². The predicted molar refractivity (Wildman–Crippen MR) is 144 cm³/mol. The minimum atomic E-state index is -0.399. The number of amides is 2. The van der Waals surface area contributed by atoms with Gasteiger partial charge in [0.15, 0.2) is 23.0 Å². The molecule has 4 aromatic rings. The summed E-state index contributed by atoms with van der Waals surface area (Å²) in [4.78, 5) is 26.5. The van der Waals surface area contributed by atoms with Gasteiger partial charge in [0.05, 0.1) is 49.2 Å². The van der Waals surface area contributed by atoms with E-state index in [0.717, 1.165) is 0 Å². The first-order chi connectivity index (χ1) is 17.3. The largest absolute Gasteiger partial charge is 0.493 e. The molecule has 2 aromatic heterocycles. The van der Waals surface area contributed by atoms with Gasteiger partial charge >= 0.3 is 0 Å². The van der Waals surface area contributed by atoms with Gasteiger partial charge < -0.3 is 41.0 Å². The van der Waals surface area contributed by atoms with Crippen LogP contribution in [0.2, 0.25) is 0 Å². The highest BCUT2D eigenvalue weighted by Crippen LogP contribution is 2.45. The number of hydrogen-bond donors (Lipinski definition) is 4. The normalized spacial score (nSPS) is 10.7. The van der Waals surface area contributed by atoms with Crippen molar-refractivity contribution in [2.75, 3.05) is 50.5 Å². The van der Waals surface area contributed by atoms with Gasteiger partial charge in [-0.05, 0) is 24.3 Å². The second-order valence-corrected chi connectivity index (χ2v) is 9.70. The molecule has 0 aliphatic rings. The van der Waals surface area contributed by atoms with E-state index in [9.17, 15) is 9.59 Å². The topological polar surface area (TPSA) is 147 Å². The van der Waals surface area contributed by atoms with Gasteiger partial charge in [0.25, 0.3) is 11.8 Å². The summed E-state index contributed by atoms with van der Waals surface area (Å²) in [5.74, 6) is 1.24. The van der Waals surface area contributed by atoms with Crippen molar-refractivity contribution < 1.29 is 28.5 Å². The SMILES string of the molecule is COc1ccc(NC(=O)c2sc3sc(C(=O)Nc4ccc(OC)c(OC)c4)c(N)c3c2N)cc1OC. The van der Waals surface area contributed by atoms with E-state index in [0.29, 0.717) is 53.5 Å². The molecule has 0 fully saturated rings. The number of rotatable bonds is 8. The summed E-state index contributed by atoms with van der Waals surface area (Å²) >= 11 is 2.34. The van der Waals surface area contributed by atoms with Crippen LogP contribution in [-0.4, -0.2) is 40.3 Å². The Labute approximate surface area is 214 Å². The fourth-order valence-corrected chi connectivity index (χ4v) is 5.94. The summed E-state index contributed by atoms with van der Waals surface area (Å²) in [6, 6.07) is 10.0. The van der Waals surface area contributed by atoms with Crippen LogP contribution in [-0.2, 0) is 0 Å². The van der Waals surface area contributed by atoms with Crippen LogP contribution in [0.15, 0.2) is 36.4 Å². The maximum atomic E-state index is 13.0. The number of thiophene rings is 2. The highest BCUT2D eigenvalue weighted by molar-refractivity contribution is 7.40. The number of nitrogen functional groups attached to an aromatic ring is 2. The third-order valence-electron chi connectivity index (χ3n) is 5.32. The third-order valence-corrected chi connectivity index (χ3v) is 7.81. The molecule has 0 aliphatic carbocycles. The van der Waals surface area contributed by atoms with Gasteiger partial charge in [0, 0.05) is 23.5 Å². The number of carbonyl (C=O) groups excluding carboxylic acids is 2. The van der Waals surface area contributed by atoms with Gasteiger partial charge in [-0.3, -0.25) is 9.59 Å². The quantitative estimate of drug-likeness (QED) is 0.258. The smallest absolute Gasteiger partial charge is 0.267 e. The van der Waals surface area contributed by atoms with Gasteiger partial charge in [-0.2, -0.15) is 0 Å². The molecule has 10 nitrogen and oxygen atoms in total. The summed E-state index contributed by atoms with van der Waals surface area (Å²) in [5.41, 5.74) is 14.1. The Morgan fingerprint density at radius 1 is 0.667 bits per heavy atom. The molecule has 0 radical (unpaired) electrons. The Morgan fingerprint density at radius 2 is 1.06 bits per heavy atom. The zero-order valence-corrected chi connectivity index (χ0v) is 21.5. The third kappa shape index (κ3) is 4.55. The van der Waals surface area contributed by atoms with Crippen molar-refractivity contribution in [1.29, 1.82) is 0 Å². The van der Waals surface area contributed by atoms with Crippen LogP contribution < -0.4 is 41.0 Å². The molecule has 0 saturated heterocycles. The Morgan fingerprint density at radius 3 is 1.39 bits per heavy atom. The van der Waals surface area contributed by atoms with Crippen LogP contribution in [0.3, 0.4) is 0 Å². The lowest BCUT2D eigenvalue weighted by Crippen LogP contribution is -2.13. The lowest BCUT2D eigenvalue weighted by atomic mass is 10.2. The van der Waals surface area contributed by atoms with Gasteiger partial charge in [-0.15, -0.1) is 22.7 Å². The molecule has 0 aliphatic heterocycles. The Bertz CT molecular complexity index is 1360. The van der Waals surface area contributed by atoms with E-state index in [2.05, 4.69) is 10.6 Å². The van der Waals surface area contributed by atoms with Gasteiger partial charge in [-0.25, -0.2) is 0 Å². The molecule has 2 heterocycles. The zero-order chi connectivity index (χ0) is 26.0. The van der Waals surface area contributed by atoms with Crippen molar-refractivity contribution in [2.45, 2.75) is 0 Å². The lowest BCUT2D eigenvalue weighted by Gasteiger charge is -2.11. The number of ether oxygens (including phenoxy) is 4. The summed E-state index contributed by atoms with van der Waals surface area (Å²) in [6.07, 6.45) is 0. The Hall–Kier alpha value is -4.16. The average molecular weight is 529 g/mol. The van der Waals surface area contributed by atoms with Gasteiger partial charge in [0.1, 0.15) is 9.75 Å². The molecular weight excluding hydrogens is 504 g/mol. The van der Waals surface area contributed by atoms with E-state index < -0.39 is 11.8 Å². The lowest BCUT2D eigenvalue weighted by molar-refractivity contribution is 0.102. The summed E-state index contributed by atoms with van der Waals surface area (Å²) in [7, 11) is 6.08. The molecule has 2 amide bonds. The second kappa shape index (κ2) is 10.2. The minimum Gasteiger partial charge on any atom is -0.493 e. The first kappa shape index (κ1) is 24.9. The standard InChI is InChI=1S/C24H24N4O6S2/c1-31-13-7-5-11(9-15(13)33-3)27-22(29)20-18(25)17-19(26)21(36-24(17)35-20)23(30)28-12-6-8-14(32-2)16(10-12)34-4/h5-10H,25-26H2,1-4H3,(H,27,29)(H,28,30). The number of methoxy groups -OCH3 is 4. The summed E-state index contributed by atoms with van der Waals surface area (Å²) in [6.45, 7) is 0. The number of benzene rings is 2. The first-order valence-electron chi connectivity index (χ1n) is 10.5. The molecule has 188 valence electrons.